The zero-order valence-electron chi connectivity index (χ0n) is 17.7. The molecule has 0 saturated heterocycles. The fourth-order valence-corrected chi connectivity index (χ4v) is 4.88. The second kappa shape index (κ2) is 6.74. The van der Waals surface area contributed by atoms with Gasteiger partial charge >= 0.3 is 0 Å². The minimum Gasteiger partial charge on any atom is -0.295 e. The van der Waals surface area contributed by atoms with Crippen molar-refractivity contribution in [2.24, 2.45) is 0 Å². The first kappa shape index (κ1) is 18.2. The summed E-state index contributed by atoms with van der Waals surface area (Å²) in [7, 11) is 0. The number of aromatic nitrogens is 5. The van der Waals surface area contributed by atoms with Crippen molar-refractivity contribution in [3.63, 3.8) is 0 Å². The molecule has 154 valence electrons. The first-order valence-corrected chi connectivity index (χ1v) is 10.9. The average Bonchev–Trinajstić information content (AvgIpc) is 3.41. The van der Waals surface area contributed by atoms with Crippen LogP contribution in [-0.4, -0.2) is 24.1 Å². The first-order chi connectivity index (χ1) is 15.1. The molecule has 31 heavy (non-hydrogen) atoms. The minimum atomic E-state index is -0.0180. The molecule has 1 aliphatic carbocycles. The van der Waals surface area contributed by atoms with Crippen LogP contribution in [0.5, 0.6) is 0 Å². The fourth-order valence-electron chi connectivity index (χ4n) is 4.88. The summed E-state index contributed by atoms with van der Waals surface area (Å²) in [4.78, 5) is 28.3. The van der Waals surface area contributed by atoms with E-state index in [2.05, 4.69) is 32.0 Å². The van der Waals surface area contributed by atoms with E-state index in [1.807, 2.05) is 33.4 Å². The zero-order chi connectivity index (χ0) is 21.1. The van der Waals surface area contributed by atoms with E-state index >= 15 is 0 Å². The summed E-state index contributed by atoms with van der Waals surface area (Å²) in [5, 5.41) is 0.559. The fraction of sp³-hybridized carbons (Fsp3) is 0.280. The molecule has 6 heteroatoms. The Balaban J connectivity index is 1.79. The van der Waals surface area contributed by atoms with Gasteiger partial charge in [-0.25, -0.2) is 15.0 Å². The van der Waals surface area contributed by atoms with Crippen LogP contribution in [0.25, 0.3) is 38.9 Å². The quantitative estimate of drug-likeness (QED) is 0.411. The lowest BCUT2D eigenvalue weighted by molar-refractivity contribution is 0.499. The van der Waals surface area contributed by atoms with Crippen LogP contribution in [0.3, 0.4) is 0 Å². The third-order valence-electron chi connectivity index (χ3n) is 6.51. The molecule has 6 nitrogen and oxygen atoms in total. The van der Waals surface area contributed by atoms with Gasteiger partial charge in [0.2, 0.25) is 0 Å². The Kier molecular flexibility index (Phi) is 3.96. The SMILES string of the molecule is Cc1ccc(C)c(-n2c3nc4ccccc4nc3c3c(=O)n(C4CCCC4)cnc32)c1. The van der Waals surface area contributed by atoms with Gasteiger partial charge < -0.3 is 0 Å². The van der Waals surface area contributed by atoms with E-state index in [-0.39, 0.29) is 11.6 Å². The smallest absolute Gasteiger partial charge is 0.265 e. The number of fused-ring (bicyclic) bond motifs is 4. The standard InChI is InChI=1S/C25H23N5O/c1-15-11-12-16(2)20(13-15)30-23-21(25(31)29(14-26-23)17-7-3-4-8-17)22-24(30)28-19-10-6-5-9-18(19)27-22/h5-6,9-14,17H,3-4,7-8H2,1-2H3. The summed E-state index contributed by atoms with van der Waals surface area (Å²) in [6.07, 6.45) is 6.09. The Morgan fingerprint density at radius 1 is 0.935 bits per heavy atom. The predicted molar refractivity (Wildman–Crippen MR) is 123 cm³/mol. The lowest BCUT2D eigenvalue weighted by Crippen LogP contribution is -2.23. The van der Waals surface area contributed by atoms with E-state index in [1.165, 1.54) is 0 Å². The molecule has 0 bridgehead atoms. The Morgan fingerprint density at radius 3 is 2.45 bits per heavy atom. The molecule has 3 aromatic heterocycles. The average molecular weight is 409 g/mol. The van der Waals surface area contributed by atoms with E-state index < -0.39 is 0 Å². The maximum Gasteiger partial charge on any atom is 0.265 e. The molecule has 0 aliphatic heterocycles. The van der Waals surface area contributed by atoms with Crippen LogP contribution in [0.2, 0.25) is 0 Å². The lowest BCUT2D eigenvalue weighted by atomic mass is 10.1. The second-order valence-corrected chi connectivity index (χ2v) is 8.60. The Hall–Kier alpha value is -3.54. The van der Waals surface area contributed by atoms with Crippen LogP contribution in [0.1, 0.15) is 42.9 Å². The zero-order valence-corrected chi connectivity index (χ0v) is 17.7. The third-order valence-corrected chi connectivity index (χ3v) is 6.51. The molecule has 0 amide bonds. The van der Waals surface area contributed by atoms with Gasteiger partial charge in [-0.1, -0.05) is 37.1 Å². The summed E-state index contributed by atoms with van der Waals surface area (Å²) < 4.78 is 3.83. The number of para-hydroxylation sites is 2. The minimum absolute atomic E-state index is 0.0180. The molecule has 1 saturated carbocycles. The highest BCUT2D eigenvalue weighted by atomic mass is 16.1. The monoisotopic (exact) mass is 409 g/mol. The molecule has 3 heterocycles. The molecule has 5 aromatic rings. The van der Waals surface area contributed by atoms with Crippen molar-refractivity contribution in [3.05, 3.63) is 70.3 Å². The van der Waals surface area contributed by atoms with E-state index in [0.29, 0.717) is 22.2 Å². The van der Waals surface area contributed by atoms with E-state index in [4.69, 9.17) is 15.0 Å². The number of hydrogen-bond donors (Lipinski definition) is 0. The lowest BCUT2D eigenvalue weighted by Gasteiger charge is -2.13. The maximum atomic E-state index is 13.7. The Morgan fingerprint density at radius 2 is 1.68 bits per heavy atom. The molecule has 6 rings (SSSR count). The van der Waals surface area contributed by atoms with Crippen molar-refractivity contribution in [2.75, 3.05) is 0 Å². The molecule has 1 fully saturated rings. The van der Waals surface area contributed by atoms with Crippen molar-refractivity contribution < 1.29 is 0 Å². The molecule has 0 spiro atoms. The molecule has 2 aromatic carbocycles. The highest BCUT2D eigenvalue weighted by Gasteiger charge is 2.25. The number of nitrogens with zero attached hydrogens (tertiary/aromatic N) is 5. The molecular weight excluding hydrogens is 386 g/mol. The van der Waals surface area contributed by atoms with Crippen LogP contribution in [0.4, 0.5) is 0 Å². The van der Waals surface area contributed by atoms with Crippen molar-refractivity contribution >= 4 is 33.2 Å². The normalized spacial score (nSPS) is 14.9. The van der Waals surface area contributed by atoms with Crippen LogP contribution in [-0.2, 0) is 0 Å². The molecular formula is C25H23N5O. The molecule has 0 unspecified atom stereocenters. The van der Waals surface area contributed by atoms with Crippen LogP contribution in [0.15, 0.2) is 53.6 Å². The number of benzene rings is 2. The van der Waals surface area contributed by atoms with Crippen molar-refractivity contribution in [2.45, 2.75) is 45.6 Å². The number of rotatable bonds is 2. The molecule has 0 atom stereocenters. The van der Waals surface area contributed by atoms with Gasteiger partial charge in [0.25, 0.3) is 5.56 Å². The van der Waals surface area contributed by atoms with Gasteiger partial charge in [0.15, 0.2) is 11.3 Å². The summed E-state index contributed by atoms with van der Waals surface area (Å²) in [6.45, 7) is 4.14. The van der Waals surface area contributed by atoms with E-state index in [9.17, 15) is 4.79 Å². The third kappa shape index (κ3) is 2.71. The largest absolute Gasteiger partial charge is 0.295 e. The van der Waals surface area contributed by atoms with Crippen LogP contribution < -0.4 is 5.56 Å². The molecule has 0 N–H and O–H groups in total. The van der Waals surface area contributed by atoms with Crippen LogP contribution in [0, 0.1) is 13.8 Å². The van der Waals surface area contributed by atoms with Crippen molar-refractivity contribution in [1.29, 1.82) is 0 Å². The molecule has 1 aliphatic rings. The van der Waals surface area contributed by atoms with Gasteiger partial charge in [-0.3, -0.25) is 13.9 Å². The predicted octanol–water partition coefficient (Wildman–Crippen LogP) is 5.02. The van der Waals surface area contributed by atoms with Crippen molar-refractivity contribution in [3.8, 4) is 5.69 Å². The van der Waals surface area contributed by atoms with E-state index in [1.54, 1.807) is 6.33 Å². The number of aryl methyl sites for hydroxylation is 2. The van der Waals surface area contributed by atoms with Gasteiger partial charge in [0, 0.05) is 6.04 Å². The van der Waals surface area contributed by atoms with Gasteiger partial charge in [-0.2, -0.15) is 0 Å². The summed E-state index contributed by atoms with van der Waals surface area (Å²) in [6, 6.07) is 14.3. The second-order valence-electron chi connectivity index (χ2n) is 8.60. The van der Waals surface area contributed by atoms with Crippen LogP contribution >= 0.6 is 0 Å². The topological polar surface area (TPSA) is 65.6 Å². The maximum absolute atomic E-state index is 13.7. The van der Waals surface area contributed by atoms with Gasteiger partial charge in [0.05, 0.1) is 16.7 Å². The number of hydrogen-bond acceptors (Lipinski definition) is 4. The van der Waals surface area contributed by atoms with Gasteiger partial charge in [0.1, 0.15) is 17.2 Å². The summed E-state index contributed by atoms with van der Waals surface area (Å²) in [5.41, 5.74) is 6.72. The summed E-state index contributed by atoms with van der Waals surface area (Å²) in [5.74, 6) is 0. The highest BCUT2D eigenvalue weighted by Crippen LogP contribution is 2.32. The van der Waals surface area contributed by atoms with Crippen molar-refractivity contribution in [1.82, 2.24) is 24.1 Å². The Bertz CT molecular complexity index is 1540. The molecule has 0 radical (unpaired) electrons. The van der Waals surface area contributed by atoms with Gasteiger partial charge in [-0.05, 0) is 56.0 Å². The first-order valence-electron chi connectivity index (χ1n) is 10.9. The Labute approximate surface area is 179 Å². The summed E-state index contributed by atoms with van der Waals surface area (Å²) >= 11 is 0. The van der Waals surface area contributed by atoms with Gasteiger partial charge in [-0.15, -0.1) is 0 Å². The van der Waals surface area contributed by atoms with E-state index in [0.717, 1.165) is 53.5 Å². The highest BCUT2D eigenvalue weighted by molar-refractivity contribution is 6.05.